The fourth-order valence-corrected chi connectivity index (χ4v) is 6.70. The molecular formula is C22H23BrN2O6S. The standard InChI is InChI=1S/C22H23BrN2O6S/c1-12(26)31-10-13-11-32-19-16(18(27)25(19)17(13)20(28)29)24-21(30)22(8-4-5-9-22)14-6-2-3-7-15(14)23/h2-3,6-7,16,19H,4-5,8-11H2,1H3,(H,24,30)(H,28,29)/t16-,19+/m0/s1. The Morgan fingerprint density at radius 1 is 1.28 bits per heavy atom. The highest BCUT2D eigenvalue weighted by Gasteiger charge is 2.56. The lowest BCUT2D eigenvalue weighted by atomic mass is 9.77. The molecule has 0 aromatic heterocycles. The third-order valence-electron chi connectivity index (χ3n) is 6.27. The number of carboxylic acids is 1. The molecule has 32 heavy (non-hydrogen) atoms. The van der Waals surface area contributed by atoms with Crippen LogP contribution in [-0.2, 0) is 29.3 Å². The van der Waals surface area contributed by atoms with E-state index >= 15 is 0 Å². The minimum Gasteiger partial charge on any atom is -0.477 e. The molecule has 2 amide bonds. The second-order valence-corrected chi connectivity index (χ2v) is 10.1. The van der Waals surface area contributed by atoms with E-state index in [9.17, 15) is 24.3 Å². The fourth-order valence-electron chi connectivity index (χ4n) is 4.71. The largest absolute Gasteiger partial charge is 0.477 e. The molecule has 4 rings (SSSR count). The summed E-state index contributed by atoms with van der Waals surface area (Å²) in [6, 6.07) is 6.84. The SMILES string of the molecule is CC(=O)OCC1=C(C(=O)O)N2C(=O)[C@H](NC(=O)C3(c4ccccc4Br)CCCC3)[C@H]2SC1. The van der Waals surface area contributed by atoms with E-state index < -0.39 is 34.7 Å². The zero-order chi connectivity index (χ0) is 23.0. The molecule has 2 aliphatic heterocycles. The molecule has 1 aromatic rings. The number of carbonyl (C=O) groups is 4. The van der Waals surface area contributed by atoms with E-state index in [4.69, 9.17) is 4.74 Å². The van der Waals surface area contributed by atoms with Gasteiger partial charge in [-0.15, -0.1) is 11.8 Å². The van der Waals surface area contributed by atoms with Crippen molar-refractivity contribution in [1.29, 1.82) is 0 Å². The van der Waals surface area contributed by atoms with Gasteiger partial charge in [-0.05, 0) is 24.5 Å². The Labute approximate surface area is 197 Å². The van der Waals surface area contributed by atoms with Gasteiger partial charge in [0.2, 0.25) is 5.91 Å². The first-order valence-electron chi connectivity index (χ1n) is 10.4. The van der Waals surface area contributed by atoms with Crippen LogP contribution in [0.3, 0.4) is 0 Å². The number of halogens is 1. The van der Waals surface area contributed by atoms with E-state index in [1.54, 1.807) is 0 Å². The van der Waals surface area contributed by atoms with E-state index in [0.717, 1.165) is 22.9 Å². The summed E-state index contributed by atoms with van der Waals surface area (Å²) >= 11 is 4.92. The van der Waals surface area contributed by atoms with Gasteiger partial charge in [-0.3, -0.25) is 19.3 Å². The molecule has 1 saturated carbocycles. The summed E-state index contributed by atoms with van der Waals surface area (Å²) in [6.45, 7) is 1.06. The summed E-state index contributed by atoms with van der Waals surface area (Å²) in [5.41, 5.74) is 0.399. The normalized spacial score (nSPS) is 23.9. The highest BCUT2D eigenvalue weighted by molar-refractivity contribution is 9.10. The van der Waals surface area contributed by atoms with Crippen LogP contribution in [0.25, 0.3) is 0 Å². The first-order chi connectivity index (χ1) is 15.3. The predicted octanol–water partition coefficient (Wildman–Crippen LogP) is 2.56. The van der Waals surface area contributed by atoms with Gasteiger partial charge in [0.05, 0.1) is 5.41 Å². The number of aliphatic carboxylic acids is 1. The molecule has 3 aliphatic rings. The highest BCUT2D eigenvalue weighted by atomic mass is 79.9. The lowest BCUT2D eigenvalue weighted by molar-refractivity contribution is -0.151. The van der Waals surface area contributed by atoms with Crippen LogP contribution in [0.5, 0.6) is 0 Å². The maximum atomic E-state index is 13.5. The quantitative estimate of drug-likeness (QED) is 0.435. The highest BCUT2D eigenvalue weighted by Crippen LogP contribution is 2.45. The van der Waals surface area contributed by atoms with E-state index in [-0.39, 0.29) is 18.2 Å². The lowest BCUT2D eigenvalue weighted by Gasteiger charge is -2.50. The summed E-state index contributed by atoms with van der Waals surface area (Å²) in [6.07, 6.45) is 3.22. The number of rotatable bonds is 6. The van der Waals surface area contributed by atoms with Gasteiger partial charge in [0.25, 0.3) is 5.91 Å². The molecule has 2 fully saturated rings. The van der Waals surface area contributed by atoms with Crippen molar-refractivity contribution in [2.45, 2.75) is 49.4 Å². The zero-order valence-electron chi connectivity index (χ0n) is 17.4. The number of β-lactam (4-membered cyclic amide) rings is 1. The Kier molecular flexibility index (Phi) is 6.35. The second-order valence-electron chi connectivity index (χ2n) is 8.17. The van der Waals surface area contributed by atoms with Gasteiger partial charge in [-0.1, -0.05) is 47.0 Å². The molecule has 2 heterocycles. The van der Waals surface area contributed by atoms with Crippen molar-refractivity contribution in [3.63, 3.8) is 0 Å². The molecule has 0 spiro atoms. The molecule has 10 heteroatoms. The predicted molar refractivity (Wildman–Crippen MR) is 121 cm³/mol. The van der Waals surface area contributed by atoms with Crippen molar-refractivity contribution in [2.75, 3.05) is 12.4 Å². The Morgan fingerprint density at radius 3 is 2.59 bits per heavy atom. The number of carboxylic acid groups (broad SMARTS) is 1. The Balaban J connectivity index is 1.55. The summed E-state index contributed by atoms with van der Waals surface area (Å²) < 4.78 is 5.81. The van der Waals surface area contributed by atoms with Crippen molar-refractivity contribution in [3.05, 3.63) is 45.6 Å². The van der Waals surface area contributed by atoms with Crippen LogP contribution in [0.15, 0.2) is 40.0 Å². The first kappa shape index (κ1) is 22.8. The number of thioether (sulfide) groups is 1. The van der Waals surface area contributed by atoms with Gasteiger partial charge in [-0.25, -0.2) is 4.79 Å². The van der Waals surface area contributed by atoms with Crippen LogP contribution in [0, 0.1) is 0 Å². The van der Waals surface area contributed by atoms with Gasteiger partial charge < -0.3 is 15.2 Å². The number of benzene rings is 1. The van der Waals surface area contributed by atoms with Crippen LogP contribution < -0.4 is 5.32 Å². The maximum Gasteiger partial charge on any atom is 0.352 e. The number of nitrogens with zero attached hydrogens (tertiary/aromatic N) is 1. The van der Waals surface area contributed by atoms with Gasteiger partial charge in [0.1, 0.15) is 23.7 Å². The third-order valence-corrected chi connectivity index (χ3v) is 8.30. The van der Waals surface area contributed by atoms with E-state index in [2.05, 4.69) is 21.2 Å². The van der Waals surface area contributed by atoms with Gasteiger partial charge in [-0.2, -0.15) is 0 Å². The number of hydrogen-bond acceptors (Lipinski definition) is 6. The molecular weight excluding hydrogens is 500 g/mol. The molecule has 1 aliphatic carbocycles. The first-order valence-corrected chi connectivity index (χ1v) is 12.2. The Bertz CT molecular complexity index is 1020. The van der Waals surface area contributed by atoms with Crippen molar-refractivity contribution in [2.24, 2.45) is 0 Å². The molecule has 8 nitrogen and oxygen atoms in total. The average Bonchev–Trinajstić information content (AvgIpc) is 3.26. The topological polar surface area (TPSA) is 113 Å². The molecule has 2 atom stereocenters. The Hall–Kier alpha value is -2.33. The van der Waals surface area contributed by atoms with Crippen LogP contribution in [-0.4, -0.2) is 57.5 Å². The maximum absolute atomic E-state index is 13.5. The van der Waals surface area contributed by atoms with Crippen molar-refractivity contribution < 1.29 is 29.0 Å². The smallest absolute Gasteiger partial charge is 0.352 e. The monoisotopic (exact) mass is 522 g/mol. The minimum atomic E-state index is -1.25. The summed E-state index contributed by atoms with van der Waals surface area (Å²) in [4.78, 5) is 50.6. The van der Waals surface area contributed by atoms with Gasteiger partial charge >= 0.3 is 11.9 Å². The number of fused-ring (bicyclic) bond motifs is 1. The van der Waals surface area contributed by atoms with Crippen molar-refractivity contribution in [3.8, 4) is 0 Å². The number of hydrogen-bond donors (Lipinski definition) is 2. The summed E-state index contributed by atoms with van der Waals surface area (Å²) in [7, 11) is 0. The Morgan fingerprint density at radius 2 is 1.97 bits per heavy atom. The van der Waals surface area contributed by atoms with Crippen LogP contribution >= 0.6 is 27.7 Å². The van der Waals surface area contributed by atoms with E-state index in [0.29, 0.717) is 24.2 Å². The molecule has 0 unspecified atom stereocenters. The minimum absolute atomic E-state index is 0.160. The fraction of sp³-hybridized carbons (Fsp3) is 0.455. The molecule has 170 valence electrons. The zero-order valence-corrected chi connectivity index (χ0v) is 19.8. The van der Waals surface area contributed by atoms with Crippen LogP contribution in [0.2, 0.25) is 0 Å². The van der Waals surface area contributed by atoms with E-state index in [1.165, 1.54) is 23.6 Å². The lowest BCUT2D eigenvalue weighted by Crippen LogP contribution is -2.71. The third kappa shape index (κ3) is 3.83. The molecule has 2 N–H and O–H groups in total. The van der Waals surface area contributed by atoms with Gasteiger partial charge in [0, 0.05) is 22.7 Å². The number of amides is 2. The van der Waals surface area contributed by atoms with Crippen molar-refractivity contribution >= 4 is 51.4 Å². The average molecular weight is 523 g/mol. The molecule has 0 radical (unpaired) electrons. The van der Waals surface area contributed by atoms with Gasteiger partial charge in [0.15, 0.2) is 0 Å². The molecule has 1 aromatic carbocycles. The van der Waals surface area contributed by atoms with Crippen LogP contribution in [0.4, 0.5) is 0 Å². The molecule has 1 saturated heterocycles. The second kappa shape index (κ2) is 8.90. The summed E-state index contributed by atoms with van der Waals surface area (Å²) in [5.74, 6) is -2.15. The number of nitrogens with one attached hydrogen (secondary N) is 1. The van der Waals surface area contributed by atoms with Crippen LogP contribution in [0.1, 0.15) is 38.2 Å². The van der Waals surface area contributed by atoms with Crippen molar-refractivity contribution in [1.82, 2.24) is 10.2 Å². The molecule has 0 bridgehead atoms. The number of esters is 1. The number of carbonyl (C=O) groups excluding carboxylic acids is 3. The summed E-state index contributed by atoms with van der Waals surface area (Å²) in [5, 5.41) is 12.1. The van der Waals surface area contributed by atoms with E-state index in [1.807, 2.05) is 24.3 Å². The number of ether oxygens (including phenoxy) is 1.